The summed E-state index contributed by atoms with van der Waals surface area (Å²) in [6, 6.07) is 10.0. The molecule has 27 heavy (non-hydrogen) atoms. The lowest BCUT2D eigenvalue weighted by Crippen LogP contribution is -2.47. The lowest BCUT2D eigenvalue weighted by atomic mass is 9.97. The fourth-order valence-corrected chi connectivity index (χ4v) is 4.53. The summed E-state index contributed by atoms with van der Waals surface area (Å²) in [5.74, 6) is 0.407. The number of nitrogens with one attached hydrogen (secondary N) is 1. The molecule has 1 atom stereocenters. The van der Waals surface area contributed by atoms with E-state index in [1.54, 1.807) is 35.7 Å². The molecule has 0 spiro atoms. The SMILES string of the molecule is CN(C)C(=O)N1CCC[C@@H](C(=O)Nc2nnc(CSc3ccccc3)s2)C1. The van der Waals surface area contributed by atoms with Crippen LogP contribution in [0.25, 0.3) is 0 Å². The van der Waals surface area contributed by atoms with Crippen molar-refractivity contribution in [2.24, 2.45) is 5.92 Å². The van der Waals surface area contributed by atoms with Crippen LogP contribution in [0.4, 0.5) is 9.93 Å². The average molecular weight is 406 g/mol. The molecule has 3 amide bonds. The number of urea groups is 1. The Balaban J connectivity index is 1.52. The maximum Gasteiger partial charge on any atom is 0.319 e. The van der Waals surface area contributed by atoms with E-state index in [-0.39, 0.29) is 17.9 Å². The molecule has 0 saturated carbocycles. The van der Waals surface area contributed by atoms with Crippen LogP contribution in [0.1, 0.15) is 17.8 Å². The van der Waals surface area contributed by atoms with Gasteiger partial charge in [-0.3, -0.25) is 4.79 Å². The number of hydrogen-bond acceptors (Lipinski definition) is 6. The minimum absolute atomic E-state index is 0.0522. The molecule has 2 heterocycles. The molecule has 1 N–H and O–H groups in total. The fraction of sp³-hybridized carbons (Fsp3) is 0.444. The second-order valence-electron chi connectivity index (χ2n) is 6.55. The molecule has 1 aliphatic heterocycles. The fourth-order valence-electron chi connectivity index (χ4n) is 2.88. The van der Waals surface area contributed by atoms with Crippen molar-refractivity contribution >= 4 is 40.2 Å². The lowest BCUT2D eigenvalue weighted by molar-refractivity contribution is -0.121. The van der Waals surface area contributed by atoms with E-state index in [2.05, 4.69) is 27.6 Å². The van der Waals surface area contributed by atoms with Gasteiger partial charge in [-0.25, -0.2) is 4.79 Å². The number of aromatic nitrogens is 2. The van der Waals surface area contributed by atoms with E-state index >= 15 is 0 Å². The second-order valence-corrected chi connectivity index (χ2v) is 8.66. The van der Waals surface area contributed by atoms with Crippen molar-refractivity contribution in [2.45, 2.75) is 23.5 Å². The first-order valence-corrected chi connectivity index (χ1v) is 10.6. The summed E-state index contributed by atoms with van der Waals surface area (Å²) in [6.07, 6.45) is 1.60. The molecule has 7 nitrogen and oxygen atoms in total. The zero-order chi connectivity index (χ0) is 19.2. The molecule has 1 aromatic heterocycles. The highest BCUT2D eigenvalue weighted by Crippen LogP contribution is 2.26. The number of nitrogens with zero attached hydrogens (tertiary/aromatic N) is 4. The Morgan fingerprint density at radius 1 is 1.30 bits per heavy atom. The molecule has 1 saturated heterocycles. The zero-order valence-electron chi connectivity index (χ0n) is 15.4. The monoisotopic (exact) mass is 405 g/mol. The van der Waals surface area contributed by atoms with Crippen LogP contribution in [0.3, 0.4) is 0 Å². The van der Waals surface area contributed by atoms with Gasteiger partial charge in [-0.1, -0.05) is 29.5 Å². The number of likely N-dealkylation sites (tertiary alicyclic amines) is 1. The number of benzene rings is 1. The Bertz CT molecular complexity index is 781. The van der Waals surface area contributed by atoms with Crippen LogP contribution in [0.2, 0.25) is 0 Å². The molecule has 1 aliphatic rings. The smallest absolute Gasteiger partial charge is 0.319 e. The van der Waals surface area contributed by atoms with Gasteiger partial charge in [0.25, 0.3) is 0 Å². The van der Waals surface area contributed by atoms with E-state index in [4.69, 9.17) is 0 Å². The molecule has 9 heteroatoms. The van der Waals surface area contributed by atoms with E-state index in [1.165, 1.54) is 16.2 Å². The summed E-state index contributed by atoms with van der Waals surface area (Å²) in [5.41, 5.74) is 0. The molecule has 0 aliphatic carbocycles. The van der Waals surface area contributed by atoms with Crippen molar-refractivity contribution < 1.29 is 9.59 Å². The third kappa shape index (κ3) is 5.43. The first-order valence-electron chi connectivity index (χ1n) is 8.80. The Kier molecular flexibility index (Phi) is 6.68. The molecular weight excluding hydrogens is 382 g/mol. The van der Waals surface area contributed by atoms with Crippen molar-refractivity contribution in [1.29, 1.82) is 0 Å². The molecule has 144 valence electrons. The van der Waals surface area contributed by atoms with Crippen LogP contribution >= 0.6 is 23.1 Å². The molecule has 0 radical (unpaired) electrons. The topological polar surface area (TPSA) is 78.4 Å². The van der Waals surface area contributed by atoms with E-state index in [9.17, 15) is 9.59 Å². The molecule has 1 aromatic carbocycles. The van der Waals surface area contributed by atoms with Gasteiger partial charge in [-0.05, 0) is 25.0 Å². The maximum atomic E-state index is 12.6. The number of thioether (sulfide) groups is 1. The largest absolute Gasteiger partial charge is 0.331 e. The first kappa shape index (κ1) is 19.6. The standard InChI is InChI=1S/C18H23N5O2S2/c1-22(2)18(25)23-10-6-7-13(11-23)16(24)19-17-21-20-15(27-17)12-26-14-8-4-3-5-9-14/h3-5,8-9,13H,6-7,10-12H2,1-2H3,(H,19,21,24)/t13-/m1/s1. The van der Waals surface area contributed by atoms with Crippen LogP contribution in [-0.4, -0.2) is 59.1 Å². The number of carbonyl (C=O) groups excluding carboxylic acids is 2. The van der Waals surface area contributed by atoms with Crippen LogP contribution in [0.5, 0.6) is 0 Å². The van der Waals surface area contributed by atoms with E-state index in [0.29, 0.717) is 24.0 Å². The number of carbonyl (C=O) groups is 2. The highest BCUT2D eigenvalue weighted by atomic mass is 32.2. The van der Waals surface area contributed by atoms with Crippen LogP contribution in [-0.2, 0) is 10.5 Å². The molecule has 2 aromatic rings. The number of amides is 3. The lowest BCUT2D eigenvalue weighted by Gasteiger charge is -2.33. The van der Waals surface area contributed by atoms with Crippen molar-refractivity contribution in [1.82, 2.24) is 20.0 Å². The minimum atomic E-state index is -0.214. The van der Waals surface area contributed by atoms with Gasteiger partial charge in [0.1, 0.15) is 5.01 Å². The second kappa shape index (κ2) is 9.18. The van der Waals surface area contributed by atoms with Gasteiger partial charge < -0.3 is 15.1 Å². The molecule has 0 unspecified atom stereocenters. The summed E-state index contributed by atoms with van der Waals surface area (Å²) >= 11 is 3.08. The Morgan fingerprint density at radius 3 is 2.81 bits per heavy atom. The van der Waals surface area contributed by atoms with Gasteiger partial charge >= 0.3 is 6.03 Å². The normalized spacial score (nSPS) is 16.8. The van der Waals surface area contributed by atoms with Crippen molar-refractivity contribution in [3.05, 3.63) is 35.3 Å². The summed E-state index contributed by atoms with van der Waals surface area (Å²) in [5, 5.41) is 12.5. The van der Waals surface area contributed by atoms with Gasteiger partial charge in [0.2, 0.25) is 11.0 Å². The average Bonchev–Trinajstić information content (AvgIpc) is 3.14. The zero-order valence-corrected chi connectivity index (χ0v) is 17.1. The third-order valence-corrected chi connectivity index (χ3v) is 6.29. The Morgan fingerprint density at radius 2 is 2.07 bits per heavy atom. The van der Waals surface area contributed by atoms with Crippen molar-refractivity contribution in [2.75, 3.05) is 32.5 Å². The van der Waals surface area contributed by atoms with Crippen LogP contribution in [0, 0.1) is 5.92 Å². The summed E-state index contributed by atoms with van der Waals surface area (Å²) < 4.78 is 0. The first-order chi connectivity index (χ1) is 13.0. The predicted octanol–water partition coefficient (Wildman–Crippen LogP) is 3.16. The van der Waals surface area contributed by atoms with E-state index in [1.807, 2.05) is 18.2 Å². The molecule has 3 rings (SSSR count). The third-order valence-electron chi connectivity index (χ3n) is 4.25. The molecule has 0 bridgehead atoms. The molecular formula is C18H23N5O2S2. The summed E-state index contributed by atoms with van der Waals surface area (Å²) in [4.78, 5) is 29.1. The van der Waals surface area contributed by atoms with Gasteiger partial charge in [0.15, 0.2) is 0 Å². The quantitative estimate of drug-likeness (QED) is 0.773. The van der Waals surface area contributed by atoms with Gasteiger partial charge in [0, 0.05) is 32.1 Å². The van der Waals surface area contributed by atoms with Gasteiger partial charge in [-0.15, -0.1) is 22.0 Å². The highest BCUT2D eigenvalue weighted by Gasteiger charge is 2.29. The highest BCUT2D eigenvalue weighted by molar-refractivity contribution is 7.98. The van der Waals surface area contributed by atoms with Crippen LogP contribution < -0.4 is 5.32 Å². The summed E-state index contributed by atoms with van der Waals surface area (Å²) in [6.45, 7) is 1.14. The maximum absolute atomic E-state index is 12.6. The van der Waals surface area contributed by atoms with Gasteiger partial charge in [0.05, 0.1) is 11.7 Å². The van der Waals surface area contributed by atoms with Crippen LogP contribution in [0.15, 0.2) is 35.2 Å². The van der Waals surface area contributed by atoms with Gasteiger partial charge in [-0.2, -0.15) is 0 Å². The Hall–Kier alpha value is -2.13. The van der Waals surface area contributed by atoms with E-state index < -0.39 is 0 Å². The van der Waals surface area contributed by atoms with Crippen molar-refractivity contribution in [3.8, 4) is 0 Å². The summed E-state index contributed by atoms with van der Waals surface area (Å²) in [7, 11) is 3.45. The predicted molar refractivity (Wildman–Crippen MR) is 108 cm³/mol. The number of rotatable bonds is 5. The molecule has 1 fully saturated rings. The van der Waals surface area contributed by atoms with E-state index in [0.717, 1.165) is 17.8 Å². The Labute approximate surface area is 167 Å². The van der Waals surface area contributed by atoms with Crippen molar-refractivity contribution in [3.63, 3.8) is 0 Å². The number of anilines is 1. The number of hydrogen-bond donors (Lipinski definition) is 1. The number of piperidine rings is 1. The minimum Gasteiger partial charge on any atom is -0.331 e.